The van der Waals surface area contributed by atoms with Crippen molar-refractivity contribution in [3.63, 3.8) is 0 Å². The van der Waals surface area contributed by atoms with E-state index in [-0.39, 0.29) is 0 Å². The van der Waals surface area contributed by atoms with E-state index in [4.69, 9.17) is 10.5 Å². The van der Waals surface area contributed by atoms with Crippen LogP contribution in [0.4, 0.5) is 0 Å². The van der Waals surface area contributed by atoms with Gasteiger partial charge in [0.15, 0.2) is 0 Å². The maximum Gasteiger partial charge on any atom is 0.119 e. The highest BCUT2D eigenvalue weighted by Crippen LogP contribution is 2.37. The molecule has 1 aromatic rings. The molecule has 0 aromatic heterocycles. The Kier molecular flexibility index (Phi) is 3.87. The van der Waals surface area contributed by atoms with Gasteiger partial charge in [-0.15, -0.1) is 0 Å². The lowest BCUT2D eigenvalue weighted by molar-refractivity contribution is 0.183. The van der Waals surface area contributed by atoms with Crippen LogP contribution in [0.25, 0.3) is 0 Å². The van der Waals surface area contributed by atoms with Crippen molar-refractivity contribution in [1.29, 1.82) is 0 Å². The summed E-state index contributed by atoms with van der Waals surface area (Å²) < 4.78 is 6.43. The highest BCUT2D eigenvalue weighted by Gasteiger charge is 2.29. The van der Waals surface area contributed by atoms with Gasteiger partial charge in [-0.25, -0.2) is 0 Å². The molecule has 2 N–H and O–H groups in total. The molecule has 0 bridgehead atoms. The van der Waals surface area contributed by atoms with Crippen LogP contribution < -0.4 is 10.5 Å². The SMILES string of the molecule is COc1ccc(Br)c(CC2CCC2CN)c1. The van der Waals surface area contributed by atoms with Crippen LogP contribution >= 0.6 is 15.9 Å². The van der Waals surface area contributed by atoms with Gasteiger partial charge in [0.1, 0.15) is 5.75 Å². The minimum atomic E-state index is 0.720. The van der Waals surface area contributed by atoms with Crippen molar-refractivity contribution in [3.8, 4) is 5.75 Å². The number of hydrogen-bond donors (Lipinski definition) is 1. The molecule has 1 aliphatic rings. The number of rotatable bonds is 4. The normalized spacial score (nSPS) is 23.9. The summed E-state index contributed by atoms with van der Waals surface area (Å²) >= 11 is 3.60. The summed E-state index contributed by atoms with van der Waals surface area (Å²) in [6.45, 7) is 0.826. The second-order valence-electron chi connectivity index (χ2n) is 4.49. The van der Waals surface area contributed by atoms with E-state index in [1.54, 1.807) is 7.11 Å². The Morgan fingerprint density at radius 2 is 2.12 bits per heavy atom. The van der Waals surface area contributed by atoms with Crippen LogP contribution in [-0.4, -0.2) is 13.7 Å². The van der Waals surface area contributed by atoms with Gasteiger partial charge in [-0.2, -0.15) is 0 Å². The number of ether oxygens (including phenoxy) is 1. The van der Waals surface area contributed by atoms with E-state index >= 15 is 0 Å². The quantitative estimate of drug-likeness (QED) is 0.922. The van der Waals surface area contributed by atoms with Gasteiger partial charge in [-0.3, -0.25) is 0 Å². The second kappa shape index (κ2) is 5.19. The van der Waals surface area contributed by atoms with E-state index < -0.39 is 0 Å². The molecule has 0 saturated heterocycles. The first-order chi connectivity index (χ1) is 7.74. The molecule has 1 fully saturated rings. The molecule has 16 heavy (non-hydrogen) atoms. The standard InChI is InChI=1S/C13H18BrNO/c1-16-12-4-5-13(14)11(7-12)6-9-2-3-10(9)8-15/h4-5,7,9-10H,2-3,6,8,15H2,1H3. The van der Waals surface area contributed by atoms with Crippen LogP contribution in [0.5, 0.6) is 5.75 Å². The largest absolute Gasteiger partial charge is 0.497 e. The Bertz CT molecular complexity index is 365. The molecule has 1 aromatic carbocycles. The van der Waals surface area contributed by atoms with E-state index in [9.17, 15) is 0 Å². The van der Waals surface area contributed by atoms with Gasteiger partial charge >= 0.3 is 0 Å². The van der Waals surface area contributed by atoms with E-state index in [2.05, 4.69) is 28.1 Å². The Labute approximate surface area is 105 Å². The number of hydrogen-bond acceptors (Lipinski definition) is 2. The van der Waals surface area contributed by atoms with Crippen molar-refractivity contribution in [2.75, 3.05) is 13.7 Å². The molecule has 2 nitrogen and oxygen atoms in total. The van der Waals surface area contributed by atoms with Gasteiger partial charge in [0.2, 0.25) is 0 Å². The summed E-state index contributed by atoms with van der Waals surface area (Å²) in [6, 6.07) is 6.16. The Balaban J connectivity index is 2.08. The third kappa shape index (κ3) is 2.41. The third-order valence-corrected chi connectivity index (χ3v) is 4.39. The fourth-order valence-electron chi connectivity index (χ4n) is 2.33. The molecule has 2 unspecified atom stereocenters. The molecule has 0 radical (unpaired) electrons. The van der Waals surface area contributed by atoms with Gasteiger partial charge < -0.3 is 10.5 Å². The fraction of sp³-hybridized carbons (Fsp3) is 0.538. The highest BCUT2D eigenvalue weighted by molar-refractivity contribution is 9.10. The van der Waals surface area contributed by atoms with Gasteiger partial charge in [0, 0.05) is 4.47 Å². The summed E-state index contributed by atoms with van der Waals surface area (Å²) in [5.74, 6) is 2.41. The van der Waals surface area contributed by atoms with Crippen LogP contribution in [-0.2, 0) is 6.42 Å². The molecule has 1 saturated carbocycles. The van der Waals surface area contributed by atoms with E-state index in [0.717, 1.165) is 30.6 Å². The van der Waals surface area contributed by atoms with Crippen LogP contribution in [0.15, 0.2) is 22.7 Å². The number of nitrogens with two attached hydrogens (primary N) is 1. The highest BCUT2D eigenvalue weighted by atomic mass is 79.9. The average molecular weight is 284 g/mol. The average Bonchev–Trinajstić information content (AvgIpc) is 2.27. The zero-order valence-corrected chi connectivity index (χ0v) is 11.2. The van der Waals surface area contributed by atoms with Crippen molar-refractivity contribution in [3.05, 3.63) is 28.2 Å². The molecule has 0 amide bonds. The zero-order chi connectivity index (χ0) is 11.5. The number of benzene rings is 1. The Morgan fingerprint density at radius 3 is 2.69 bits per heavy atom. The lowest BCUT2D eigenvalue weighted by Crippen LogP contribution is -2.33. The summed E-state index contributed by atoms with van der Waals surface area (Å²) in [6.07, 6.45) is 3.72. The number of halogens is 1. The van der Waals surface area contributed by atoms with Crippen molar-refractivity contribution < 1.29 is 4.74 Å². The second-order valence-corrected chi connectivity index (χ2v) is 5.35. The van der Waals surface area contributed by atoms with Crippen molar-refractivity contribution in [1.82, 2.24) is 0 Å². The van der Waals surface area contributed by atoms with Gasteiger partial charge in [-0.05, 0) is 61.4 Å². The molecular formula is C13H18BrNO. The van der Waals surface area contributed by atoms with Crippen LogP contribution in [0, 0.1) is 11.8 Å². The maximum absolute atomic E-state index is 5.74. The Morgan fingerprint density at radius 1 is 1.38 bits per heavy atom. The van der Waals surface area contributed by atoms with Gasteiger partial charge in [-0.1, -0.05) is 15.9 Å². The first-order valence-corrected chi connectivity index (χ1v) is 6.56. The predicted molar refractivity (Wildman–Crippen MR) is 69.7 cm³/mol. The topological polar surface area (TPSA) is 35.2 Å². The van der Waals surface area contributed by atoms with Gasteiger partial charge in [0.25, 0.3) is 0 Å². The molecule has 2 atom stereocenters. The Hall–Kier alpha value is -0.540. The van der Waals surface area contributed by atoms with Crippen molar-refractivity contribution >= 4 is 15.9 Å². The maximum atomic E-state index is 5.74. The van der Waals surface area contributed by atoms with Crippen molar-refractivity contribution in [2.24, 2.45) is 17.6 Å². The lowest BCUT2D eigenvalue weighted by Gasteiger charge is -2.36. The molecule has 0 aliphatic heterocycles. The van der Waals surface area contributed by atoms with Crippen LogP contribution in [0.1, 0.15) is 18.4 Å². The van der Waals surface area contributed by atoms with Crippen LogP contribution in [0.2, 0.25) is 0 Å². The molecule has 0 spiro atoms. The third-order valence-electron chi connectivity index (χ3n) is 3.61. The van der Waals surface area contributed by atoms with E-state index in [1.165, 1.54) is 22.9 Å². The summed E-state index contributed by atoms with van der Waals surface area (Å²) in [5.41, 5.74) is 7.07. The zero-order valence-electron chi connectivity index (χ0n) is 9.58. The van der Waals surface area contributed by atoms with Gasteiger partial charge in [0.05, 0.1) is 7.11 Å². The van der Waals surface area contributed by atoms with Crippen LogP contribution in [0.3, 0.4) is 0 Å². The summed E-state index contributed by atoms with van der Waals surface area (Å²) in [4.78, 5) is 0. The molecule has 1 aliphatic carbocycles. The van der Waals surface area contributed by atoms with Crippen molar-refractivity contribution in [2.45, 2.75) is 19.3 Å². The van der Waals surface area contributed by atoms with E-state index in [1.807, 2.05) is 6.07 Å². The smallest absolute Gasteiger partial charge is 0.119 e. The fourth-order valence-corrected chi connectivity index (χ4v) is 2.74. The lowest BCUT2D eigenvalue weighted by atomic mass is 9.71. The summed E-state index contributed by atoms with van der Waals surface area (Å²) in [5, 5.41) is 0. The molecule has 2 rings (SSSR count). The molecule has 88 valence electrons. The minimum Gasteiger partial charge on any atom is -0.497 e. The number of methoxy groups -OCH3 is 1. The first-order valence-electron chi connectivity index (χ1n) is 5.77. The first kappa shape index (κ1) is 11.9. The molecule has 0 heterocycles. The minimum absolute atomic E-state index is 0.720. The predicted octanol–water partition coefficient (Wildman–Crippen LogP) is 2.99. The molecule has 3 heteroatoms. The molecular weight excluding hydrogens is 266 g/mol. The monoisotopic (exact) mass is 283 g/mol. The summed E-state index contributed by atoms with van der Waals surface area (Å²) in [7, 11) is 1.71. The van der Waals surface area contributed by atoms with E-state index in [0.29, 0.717) is 0 Å².